The van der Waals surface area contributed by atoms with E-state index in [4.69, 9.17) is 10.5 Å². The average molecular weight is 290 g/mol. The Morgan fingerprint density at radius 3 is 2.90 bits per heavy atom. The third-order valence-corrected chi connectivity index (χ3v) is 3.90. The monoisotopic (exact) mass is 290 g/mol. The molecule has 114 valence electrons. The molecule has 6 heteroatoms. The van der Waals surface area contributed by atoms with Gasteiger partial charge in [-0.1, -0.05) is 6.07 Å². The summed E-state index contributed by atoms with van der Waals surface area (Å²) in [5, 5.41) is 3.35. The molecule has 0 aromatic heterocycles. The van der Waals surface area contributed by atoms with Crippen molar-refractivity contribution >= 4 is 17.3 Å². The zero-order valence-electron chi connectivity index (χ0n) is 12.3. The number of anilines is 2. The Hall–Kier alpha value is -1.95. The summed E-state index contributed by atoms with van der Waals surface area (Å²) >= 11 is 0. The quantitative estimate of drug-likeness (QED) is 0.830. The van der Waals surface area contributed by atoms with E-state index < -0.39 is 0 Å². The standard InChI is InChI=1S/C15H22N4O2/c1-11-9-19(10-14(16)20)15-12(3-2-4-13(15)21-11)18-7-5-17-6-8-18/h2-4,11,17H,5-10H2,1H3,(H2,16,20). The van der Waals surface area contributed by atoms with Crippen LogP contribution in [-0.4, -0.2) is 51.3 Å². The predicted molar refractivity (Wildman–Crippen MR) is 83.0 cm³/mol. The average Bonchev–Trinajstić information content (AvgIpc) is 2.46. The molecule has 2 aliphatic heterocycles. The normalized spacial score (nSPS) is 21.7. The highest BCUT2D eigenvalue weighted by Crippen LogP contribution is 2.41. The van der Waals surface area contributed by atoms with E-state index in [1.165, 1.54) is 0 Å². The summed E-state index contributed by atoms with van der Waals surface area (Å²) < 4.78 is 5.94. The SMILES string of the molecule is CC1CN(CC(N)=O)c2c(cccc2N2CCNCC2)O1. The molecule has 2 aliphatic rings. The van der Waals surface area contributed by atoms with Crippen LogP contribution < -0.4 is 25.6 Å². The Morgan fingerprint density at radius 2 is 2.19 bits per heavy atom. The van der Waals surface area contributed by atoms with Gasteiger partial charge in [-0.2, -0.15) is 0 Å². The van der Waals surface area contributed by atoms with Crippen LogP contribution in [0.25, 0.3) is 0 Å². The Kier molecular flexibility index (Phi) is 3.88. The van der Waals surface area contributed by atoms with Crippen LogP contribution in [0.3, 0.4) is 0 Å². The van der Waals surface area contributed by atoms with Crippen molar-refractivity contribution in [1.29, 1.82) is 0 Å². The van der Waals surface area contributed by atoms with Crippen molar-refractivity contribution < 1.29 is 9.53 Å². The first kappa shape index (κ1) is 14.0. The van der Waals surface area contributed by atoms with Crippen LogP contribution in [0.15, 0.2) is 18.2 Å². The minimum Gasteiger partial charge on any atom is -0.487 e. The van der Waals surface area contributed by atoms with E-state index in [1.54, 1.807) is 0 Å². The molecule has 1 atom stereocenters. The summed E-state index contributed by atoms with van der Waals surface area (Å²) in [4.78, 5) is 15.8. The molecule has 21 heavy (non-hydrogen) atoms. The van der Waals surface area contributed by atoms with E-state index in [1.807, 2.05) is 24.0 Å². The summed E-state index contributed by atoms with van der Waals surface area (Å²) in [5.74, 6) is 0.524. The maximum absolute atomic E-state index is 11.4. The van der Waals surface area contributed by atoms with Crippen molar-refractivity contribution in [2.75, 3.05) is 49.1 Å². The van der Waals surface area contributed by atoms with Crippen molar-refractivity contribution in [2.45, 2.75) is 13.0 Å². The second-order valence-corrected chi connectivity index (χ2v) is 5.64. The minimum atomic E-state index is -0.315. The van der Waals surface area contributed by atoms with Gasteiger partial charge in [0, 0.05) is 26.2 Å². The lowest BCUT2D eigenvalue weighted by Gasteiger charge is -2.39. The van der Waals surface area contributed by atoms with Crippen LogP contribution in [0.4, 0.5) is 11.4 Å². The molecule has 1 aromatic carbocycles. The van der Waals surface area contributed by atoms with E-state index in [0.717, 1.165) is 43.3 Å². The van der Waals surface area contributed by atoms with Gasteiger partial charge >= 0.3 is 0 Å². The van der Waals surface area contributed by atoms with E-state index in [9.17, 15) is 4.79 Å². The van der Waals surface area contributed by atoms with E-state index in [2.05, 4.69) is 16.3 Å². The molecule has 1 fully saturated rings. The van der Waals surface area contributed by atoms with Gasteiger partial charge < -0.3 is 25.6 Å². The zero-order chi connectivity index (χ0) is 14.8. The number of fused-ring (bicyclic) bond motifs is 1. The molecule has 0 aliphatic carbocycles. The fourth-order valence-electron chi connectivity index (χ4n) is 3.07. The maximum atomic E-state index is 11.4. The lowest BCUT2D eigenvalue weighted by atomic mass is 10.1. The highest BCUT2D eigenvalue weighted by atomic mass is 16.5. The van der Waals surface area contributed by atoms with Crippen molar-refractivity contribution in [1.82, 2.24) is 5.32 Å². The zero-order valence-corrected chi connectivity index (χ0v) is 12.3. The molecule has 6 nitrogen and oxygen atoms in total. The Balaban J connectivity index is 1.98. The summed E-state index contributed by atoms with van der Waals surface area (Å²) in [6.45, 7) is 6.76. The number of carbonyl (C=O) groups excluding carboxylic acids is 1. The van der Waals surface area contributed by atoms with Gasteiger partial charge in [0.1, 0.15) is 17.5 Å². The number of nitrogens with zero attached hydrogens (tertiary/aromatic N) is 2. The van der Waals surface area contributed by atoms with Crippen LogP contribution in [0, 0.1) is 0 Å². The molecule has 1 saturated heterocycles. The number of para-hydroxylation sites is 1. The minimum absolute atomic E-state index is 0.0510. The largest absolute Gasteiger partial charge is 0.487 e. The molecular formula is C15H22N4O2. The Morgan fingerprint density at radius 1 is 1.43 bits per heavy atom. The highest BCUT2D eigenvalue weighted by molar-refractivity contribution is 5.85. The highest BCUT2D eigenvalue weighted by Gasteiger charge is 2.28. The number of amides is 1. The molecule has 2 heterocycles. The number of rotatable bonds is 3. The van der Waals surface area contributed by atoms with Crippen LogP contribution in [0.1, 0.15) is 6.92 Å². The number of hydrogen-bond donors (Lipinski definition) is 2. The molecule has 3 rings (SSSR count). The molecule has 0 spiro atoms. The van der Waals surface area contributed by atoms with Gasteiger partial charge in [0.25, 0.3) is 0 Å². The van der Waals surface area contributed by atoms with Gasteiger partial charge in [-0.05, 0) is 19.1 Å². The molecule has 1 amide bonds. The summed E-state index contributed by atoms with van der Waals surface area (Å²) in [7, 11) is 0. The van der Waals surface area contributed by atoms with Crippen LogP contribution in [0.5, 0.6) is 5.75 Å². The number of carbonyl (C=O) groups is 1. The molecule has 3 N–H and O–H groups in total. The summed E-state index contributed by atoms with van der Waals surface area (Å²) in [5.41, 5.74) is 7.53. The number of hydrogen-bond acceptors (Lipinski definition) is 5. The lowest BCUT2D eigenvalue weighted by Crippen LogP contribution is -2.46. The molecule has 1 unspecified atom stereocenters. The topological polar surface area (TPSA) is 70.8 Å². The van der Waals surface area contributed by atoms with Gasteiger partial charge in [0.15, 0.2) is 0 Å². The van der Waals surface area contributed by atoms with E-state index in [0.29, 0.717) is 6.54 Å². The molecular weight excluding hydrogens is 268 g/mol. The van der Waals surface area contributed by atoms with Gasteiger partial charge in [-0.3, -0.25) is 4.79 Å². The third kappa shape index (κ3) is 2.90. The number of nitrogens with two attached hydrogens (primary N) is 1. The second-order valence-electron chi connectivity index (χ2n) is 5.64. The van der Waals surface area contributed by atoms with E-state index in [-0.39, 0.29) is 18.6 Å². The number of nitrogens with one attached hydrogen (secondary N) is 1. The fraction of sp³-hybridized carbons (Fsp3) is 0.533. The van der Waals surface area contributed by atoms with Gasteiger partial charge in [0.05, 0.1) is 18.8 Å². The lowest BCUT2D eigenvalue weighted by molar-refractivity contribution is -0.116. The molecule has 0 saturated carbocycles. The number of ether oxygens (including phenoxy) is 1. The van der Waals surface area contributed by atoms with Crippen molar-refractivity contribution in [3.05, 3.63) is 18.2 Å². The van der Waals surface area contributed by atoms with Crippen molar-refractivity contribution in [2.24, 2.45) is 5.73 Å². The fourth-order valence-corrected chi connectivity index (χ4v) is 3.07. The van der Waals surface area contributed by atoms with Crippen LogP contribution in [-0.2, 0) is 4.79 Å². The number of piperazine rings is 1. The summed E-state index contributed by atoms with van der Waals surface area (Å²) in [6, 6.07) is 6.07. The second kappa shape index (κ2) is 5.81. The number of primary amides is 1. The van der Waals surface area contributed by atoms with Crippen molar-refractivity contribution in [3.8, 4) is 5.75 Å². The molecule has 0 radical (unpaired) electrons. The van der Waals surface area contributed by atoms with Gasteiger partial charge in [-0.25, -0.2) is 0 Å². The first-order valence-electron chi connectivity index (χ1n) is 7.44. The Labute approximate surface area is 124 Å². The van der Waals surface area contributed by atoms with Gasteiger partial charge in [-0.15, -0.1) is 0 Å². The third-order valence-electron chi connectivity index (χ3n) is 3.90. The van der Waals surface area contributed by atoms with Crippen LogP contribution >= 0.6 is 0 Å². The van der Waals surface area contributed by atoms with Gasteiger partial charge in [0.2, 0.25) is 5.91 Å². The van der Waals surface area contributed by atoms with Crippen LogP contribution in [0.2, 0.25) is 0 Å². The predicted octanol–water partition coefficient (Wildman–Crippen LogP) is 0.169. The number of benzene rings is 1. The smallest absolute Gasteiger partial charge is 0.236 e. The molecule has 0 bridgehead atoms. The maximum Gasteiger partial charge on any atom is 0.236 e. The summed E-state index contributed by atoms with van der Waals surface area (Å²) in [6.07, 6.45) is 0.0510. The first-order valence-corrected chi connectivity index (χ1v) is 7.44. The Bertz CT molecular complexity index is 528. The molecule has 1 aromatic rings. The first-order chi connectivity index (χ1) is 10.1. The van der Waals surface area contributed by atoms with Crippen molar-refractivity contribution in [3.63, 3.8) is 0 Å². The van der Waals surface area contributed by atoms with E-state index >= 15 is 0 Å².